The molecule has 0 aliphatic heterocycles. The molecular formula is C21H14F2N2O4. The molecule has 29 heavy (non-hydrogen) atoms. The normalized spacial score (nSPS) is 11.7. The SMILES string of the molecule is O=C(NCc1ccco1)c1cc2ccc(O)cc2oc1=Nc1cc(F)cc(F)c1. The zero-order valence-corrected chi connectivity index (χ0v) is 14.9. The van der Waals surface area contributed by atoms with Gasteiger partial charge in [0.2, 0.25) is 5.55 Å². The molecule has 4 rings (SSSR count). The number of nitrogens with one attached hydrogen (secondary N) is 1. The van der Waals surface area contributed by atoms with Gasteiger partial charge in [-0.15, -0.1) is 0 Å². The second-order valence-electron chi connectivity index (χ2n) is 6.19. The molecule has 0 aliphatic rings. The fourth-order valence-corrected chi connectivity index (χ4v) is 2.75. The summed E-state index contributed by atoms with van der Waals surface area (Å²) in [5, 5.41) is 12.9. The summed E-state index contributed by atoms with van der Waals surface area (Å²) in [5.74, 6) is -1.64. The van der Waals surface area contributed by atoms with E-state index in [2.05, 4.69) is 10.3 Å². The summed E-state index contributed by atoms with van der Waals surface area (Å²) in [6.07, 6.45) is 1.48. The Labute approximate surface area is 162 Å². The first-order valence-electron chi connectivity index (χ1n) is 8.56. The Balaban J connectivity index is 1.82. The van der Waals surface area contributed by atoms with Crippen LogP contribution in [0.4, 0.5) is 14.5 Å². The summed E-state index contributed by atoms with van der Waals surface area (Å²) in [6.45, 7) is 0.132. The summed E-state index contributed by atoms with van der Waals surface area (Å²) in [7, 11) is 0. The van der Waals surface area contributed by atoms with E-state index in [1.54, 1.807) is 18.2 Å². The Hall–Kier alpha value is -3.94. The van der Waals surface area contributed by atoms with Crippen LogP contribution in [0.5, 0.6) is 5.75 Å². The van der Waals surface area contributed by atoms with Crippen molar-refractivity contribution < 1.29 is 27.5 Å². The molecule has 2 N–H and O–H groups in total. The summed E-state index contributed by atoms with van der Waals surface area (Å²) in [4.78, 5) is 16.8. The van der Waals surface area contributed by atoms with Gasteiger partial charge in [-0.1, -0.05) is 0 Å². The van der Waals surface area contributed by atoms with E-state index in [4.69, 9.17) is 8.83 Å². The minimum absolute atomic E-state index is 0.0426. The Morgan fingerprint density at radius 2 is 1.86 bits per heavy atom. The fraction of sp³-hybridized carbons (Fsp3) is 0.0476. The zero-order chi connectivity index (χ0) is 20.4. The Morgan fingerprint density at radius 1 is 1.07 bits per heavy atom. The van der Waals surface area contributed by atoms with Gasteiger partial charge in [0.1, 0.15) is 34.3 Å². The van der Waals surface area contributed by atoms with E-state index >= 15 is 0 Å². The Morgan fingerprint density at radius 3 is 2.59 bits per heavy atom. The Kier molecular flexibility index (Phi) is 4.82. The molecule has 0 bridgehead atoms. The predicted molar refractivity (Wildman–Crippen MR) is 99.3 cm³/mol. The van der Waals surface area contributed by atoms with Gasteiger partial charge in [-0.3, -0.25) is 4.79 Å². The molecule has 0 spiro atoms. The maximum absolute atomic E-state index is 13.5. The molecule has 2 heterocycles. The molecule has 0 unspecified atom stereocenters. The van der Waals surface area contributed by atoms with Gasteiger partial charge < -0.3 is 19.3 Å². The third kappa shape index (κ3) is 4.16. The van der Waals surface area contributed by atoms with Crippen LogP contribution in [0.3, 0.4) is 0 Å². The number of carbonyl (C=O) groups excluding carboxylic acids is 1. The Bertz CT molecular complexity index is 1240. The lowest BCUT2D eigenvalue weighted by Gasteiger charge is -2.06. The van der Waals surface area contributed by atoms with E-state index < -0.39 is 17.5 Å². The topological polar surface area (TPSA) is 88.0 Å². The number of fused-ring (bicyclic) bond motifs is 1. The first-order valence-corrected chi connectivity index (χ1v) is 8.56. The largest absolute Gasteiger partial charge is 0.508 e. The number of halogens is 2. The third-order valence-corrected chi connectivity index (χ3v) is 4.06. The minimum Gasteiger partial charge on any atom is -0.508 e. The molecule has 4 aromatic rings. The third-order valence-electron chi connectivity index (χ3n) is 4.06. The average molecular weight is 396 g/mol. The highest BCUT2D eigenvalue weighted by molar-refractivity contribution is 5.96. The van der Waals surface area contributed by atoms with Crippen molar-refractivity contribution in [2.45, 2.75) is 6.54 Å². The molecule has 8 heteroatoms. The van der Waals surface area contributed by atoms with Crippen molar-refractivity contribution >= 4 is 22.6 Å². The first kappa shape index (κ1) is 18.4. The monoisotopic (exact) mass is 396 g/mol. The van der Waals surface area contributed by atoms with E-state index in [0.29, 0.717) is 17.2 Å². The van der Waals surface area contributed by atoms with E-state index in [1.807, 2.05) is 0 Å². The lowest BCUT2D eigenvalue weighted by atomic mass is 10.1. The van der Waals surface area contributed by atoms with Gasteiger partial charge in [-0.2, -0.15) is 0 Å². The maximum atomic E-state index is 13.5. The molecular weight excluding hydrogens is 382 g/mol. The van der Waals surface area contributed by atoms with Crippen LogP contribution in [-0.2, 0) is 6.54 Å². The van der Waals surface area contributed by atoms with Crippen LogP contribution in [0.1, 0.15) is 16.1 Å². The van der Waals surface area contributed by atoms with E-state index in [-0.39, 0.29) is 34.7 Å². The summed E-state index contributed by atoms with van der Waals surface area (Å²) in [5.41, 5.74) is 0.0820. The maximum Gasteiger partial charge on any atom is 0.257 e. The fourth-order valence-electron chi connectivity index (χ4n) is 2.75. The summed E-state index contributed by atoms with van der Waals surface area (Å²) >= 11 is 0. The molecule has 0 atom stereocenters. The molecule has 1 amide bonds. The van der Waals surface area contributed by atoms with Crippen LogP contribution in [0.2, 0.25) is 0 Å². The van der Waals surface area contributed by atoms with Gasteiger partial charge in [0.25, 0.3) is 5.91 Å². The number of aromatic hydroxyl groups is 1. The molecule has 146 valence electrons. The van der Waals surface area contributed by atoms with Crippen LogP contribution in [-0.4, -0.2) is 11.0 Å². The number of nitrogens with zero attached hydrogens (tertiary/aromatic N) is 1. The second kappa shape index (κ2) is 7.59. The number of phenols is 1. The zero-order valence-electron chi connectivity index (χ0n) is 14.9. The van der Waals surface area contributed by atoms with Crippen molar-refractivity contribution in [2.75, 3.05) is 0 Å². The number of carbonyl (C=O) groups is 1. The molecule has 0 saturated heterocycles. The quantitative estimate of drug-likeness (QED) is 0.542. The molecule has 6 nitrogen and oxygen atoms in total. The number of amides is 1. The van der Waals surface area contributed by atoms with Gasteiger partial charge in [-0.25, -0.2) is 13.8 Å². The molecule has 0 aliphatic carbocycles. The number of furan rings is 1. The summed E-state index contributed by atoms with van der Waals surface area (Å²) in [6, 6.07) is 12.0. The average Bonchev–Trinajstić information content (AvgIpc) is 3.18. The minimum atomic E-state index is -0.814. The van der Waals surface area contributed by atoms with Gasteiger partial charge in [0.15, 0.2) is 0 Å². The number of hydrogen-bond acceptors (Lipinski definition) is 5. The van der Waals surface area contributed by atoms with Crippen LogP contribution < -0.4 is 10.9 Å². The summed E-state index contributed by atoms with van der Waals surface area (Å²) < 4.78 is 37.9. The molecule has 0 fully saturated rings. The van der Waals surface area contributed by atoms with Gasteiger partial charge in [-0.05, 0) is 42.5 Å². The van der Waals surface area contributed by atoms with Gasteiger partial charge in [0.05, 0.1) is 18.5 Å². The highest BCUT2D eigenvalue weighted by Crippen LogP contribution is 2.21. The molecule has 2 aromatic heterocycles. The van der Waals surface area contributed by atoms with Crippen molar-refractivity contribution in [2.24, 2.45) is 4.99 Å². The van der Waals surface area contributed by atoms with E-state index in [1.165, 1.54) is 24.5 Å². The van der Waals surface area contributed by atoms with Crippen molar-refractivity contribution in [1.29, 1.82) is 0 Å². The van der Waals surface area contributed by atoms with Crippen LogP contribution in [0, 0.1) is 11.6 Å². The predicted octanol–water partition coefficient (Wildman–Crippen LogP) is 4.17. The van der Waals surface area contributed by atoms with E-state index in [0.717, 1.165) is 12.1 Å². The highest BCUT2D eigenvalue weighted by Gasteiger charge is 2.14. The number of benzene rings is 2. The lowest BCUT2D eigenvalue weighted by Crippen LogP contribution is -2.28. The first-order chi connectivity index (χ1) is 14.0. The highest BCUT2D eigenvalue weighted by atomic mass is 19.1. The van der Waals surface area contributed by atoms with Crippen molar-refractivity contribution in [1.82, 2.24) is 5.32 Å². The molecule has 2 aromatic carbocycles. The van der Waals surface area contributed by atoms with Crippen LogP contribution in [0.15, 0.2) is 74.7 Å². The molecule has 0 radical (unpaired) electrons. The van der Waals surface area contributed by atoms with Gasteiger partial charge in [0, 0.05) is 17.5 Å². The molecule has 0 saturated carbocycles. The smallest absolute Gasteiger partial charge is 0.257 e. The second-order valence-corrected chi connectivity index (χ2v) is 6.19. The van der Waals surface area contributed by atoms with Crippen LogP contribution in [0.25, 0.3) is 11.0 Å². The van der Waals surface area contributed by atoms with Crippen molar-refractivity contribution in [3.8, 4) is 5.75 Å². The number of phenolic OH excluding ortho intramolecular Hbond substituents is 1. The van der Waals surface area contributed by atoms with Gasteiger partial charge >= 0.3 is 0 Å². The van der Waals surface area contributed by atoms with Crippen molar-refractivity contribution in [3.63, 3.8) is 0 Å². The lowest BCUT2D eigenvalue weighted by molar-refractivity contribution is 0.0944. The van der Waals surface area contributed by atoms with Crippen LogP contribution >= 0.6 is 0 Å². The number of rotatable bonds is 4. The number of hydrogen-bond donors (Lipinski definition) is 2. The van der Waals surface area contributed by atoms with E-state index in [9.17, 15) is 18.7 Å². The van der Waals surface area contributed by atoms with Crippen molar-refractivity contribution in [3.05, 3.63) is 89.4 Å². The standard InChI is InChI=1S/C21H14F2N2O4/c22-13-7-14(23)9-15(8-13)25-21-18(20(27)24-11-17-2-1-5-28-17)6-12-3-4-16(26)10-19(12)29-21/h1-10,26H,11H2,(H,24,27).